The third-order valence-corrected chi connectivity index (χ3v) is 5.43. The van der Waals surface area contributed by atoms with Crippen LogP contribution in [0, 0.1) is 0 Å². The number of nitrogens with one attached hydrogen (secondary N) is 1. The molecule has 0 fully saturated rings. The van der Waals surface area contributed by atoms with Crippen LogP contribution in [-0.4, -0.2) is 33.0 Å². The SMILES string of the molecule is COc1ccc(Cl)cc1NC1=C(c2ccccc2)C(=O)N(c2ccc(N(C)C)cc2)C1=O. The van der Waals surface area contributed by atoms with E-state index in [0.29, 0.717) is 27.7 Å². The Morgan fingerprint density at radius 3 is 2.22 bits per heavy atom. The van der Waals surface area contributed by atoms with Gasteiger partial charge in [-0.3, -0.25) is 9.59 Å². The van der Waals surface area contributed by atoms with Gasteiger partial charge in [-0.05, 0) is 48.0 Å². The van der Waals surface area contributed by atoms with Crippen molar-refractivity contribution in [3.63, 3.8) is 0 Å². The van der Waals surface area contributed by atoms with E-state index in [9.17, 15) is 9.59 Å². The van der Waals surface area contributed by atoms with Crippen molar-refractivity contribution in [2.24, 2.45) is 0 Å². The zero-order valence-corrected chi connectivity index (χ0v) is 18.7. The van der Waals surface area contributed by atoms with Gasteiger partial charge in [0.05, 0.1) is 24.1 Å². The van der Waals surface area contributed by atoms with Crippen LogP contribution in [0.5, 0.6) is 5.75 Å². The number of methoxy groups -OCH3 is 1. The molecule has 0 saturated carbocycles. The van der Waals surface area contributed by atoms with E-state index in [2.05, 4.69) is 5.32 Å². The Morgan fingerprint density at radius 2 is 1.59 bits per heavy atom. The van der Waals surface area contributed by atoms with Crippen LogP contribution in [-0.2, 0) is 9.59 Å². The first-order valence-corrected chi connectivity index (χ1v) is 10.3. The highest BCUT2D eigenvalue weighted by Gasteiger charge is 2.40. The lowest BCUT2D eigenvalue weighted by Gasteiger charge is -2.18. The van der Waals surface area contributed by atoms with Crippen molar-refractivity contribution in [3.8, 4) is 5.75 Å². The summed E-state index contributed by atoms with van der Waals surface area (Å²) < 4.78 is 5.40. The first-order chi connectivity index (χ1) is 15.4. The van der Waals surface area contributed by atoms with Gasteiger partial charge >= 0.3 is 0 Å². The average Bonchev–Trinajstić information content (AvgIpc) is 3.04. The monoisotopic (exact) mass is 447 g/mol. The molecular formula is C25H22ClN3O3. The van der Waals surface area contributed by atoms with E-state index in [0.717, 1.165) is 5.69 Å². The minimum Gasteiger partial charge on any atom is -0.495 e. The van der Waals surface area contributed by atoms with E-state index in [1.54, 1.807) is 42.5 Å². The average molecular weight is 448 g/mol. The van der Waals surface area contributed by atoms with E-state index in [1.807, 2.05) is 49.3 Å². The number of imide groups is 1. The summed E-state index contributed by atoms with van der Waals surface area (Å²) >= 11 is 6.16. The van der Waals surface area contributed by atoms with Crippen molar-refractivity contribution >= 4 is 46.1 Å². The van der Waals surface area contributed by atoms with Crippen LogP contribution in [0.3, 0.4) is 0 Å². The Bertz CT molecular complexity index is 1200. The van der Waals surface area contributed by atoms with Gasteiger partial charge in [-0.1, -0.05) is 41.9 Å². The third kappa shape index (κ3) is 3.92. The zero-order chi connectivity index (χ0) is 22.8. The summed E-state index contributed by atoms with van der Waals surface area (Å²) in [5, 5.41) is 3.58. The molecule has 1 heterocycles. The van der Waals surface area contributed by atoms with Gasteiger partial charge in [0.25, 0.3) is 11.8 Å². The molecule has 0 unspecified atom stereocenters. The Labute approximate surface area is 191 Å². The molecule has 0 aliphatic carbocycles. The molecule has 0 aromatic heterocycles. The molecule has 32 heavy (non-hydrogen) atoms. The maximum atomic E-state index is 13.5. The van der Waals surface area contributed by atoms with Gasteiger partial charge in [0.1, 0.15) is 11.4 Å². The minimum atomic E-state index is -0.450. The summed E-state index contributed by atoms with van der Waals surface area (Å²) in [5.74, 6) is -0.348. The maximum absolute atomic E-state index is 13.5. The largest absolute Gasteiger partial charge is 0.495 e. The molecule has 3 aromatic carbocycles. The first-order valence-electron chi connectivity index (χ1n) is 9.97. The fourth-order valence-corrected chi connectivity index (χ4v) is 3.74. The summed E-state index contributed by atoms with van der Waals surface area (Å²) in [7, 11) is 5.38. The number of hydrogen-bond donors (Lipinski definition) is 1. The predicted molar refractivity (Wildman–Crippen MR) is 128 cm³/mol. The molecule has 0 radical (unpaired) electrons. The molecule has 0 atom stereocenters. The molecule has 0 saturated heterocycles. The molecule has 0 bridgehead atoms. The van der Waals surface area contributed by atoms with Crippen LogP contribution in [0.1, 0.15) is 5.56 Å². The lowest BCUT2D eigenvalue weighted by Crippen LogP contribution is -2.32. The molecule has 162 valence electrons. The van der Waals surface area contributed by atoms with Crippen LogP contribution in [0.15, 0.2) is 78.5 Å². The Hall–Kier alpha value is -3.77. The number of carbonyl (C=O) groups excluding carboxylic acids is 2. The van der Waals surface area contributed by atoms with Crippen molar-refractivity contribution in [2.45, 2.75) is 0 Å². The van der Waals surface area contributed by atoms with Gasteiger partial charge in [0, 0.05) is 24.8 Å². The number of benzene rings is 3. The van der Waals surface area contributed by atoms with Gasteiger partial charge in [-0.25, -0.2) is 4.90 Å². The summed E-state index contributed by atoms with van der Waals surface area (Å²) in [6, 6.07) is 21.4. The number of rotatable bonds is 6. The van der Waals surface area contributed by atoms with E-state index < -0.39 is 11.8 Å². The smallest absolute Gasteiger partial charge is 0.282 e. The fraction of sp³-hybridized carbons (Fsp3) is 0.120. The summed E-state index contributed by atoms with van der Waals surface area (Å²) in [6.07, 6.45) is 0. The van der Waals surface area contributed by atoms with Crippen molar-refractivity contribution in [1.29, 1.82) is 0 Å². The van der Waals surface area contributed by atoms with Crippen LogP contribution < -0.4 is 19.9 Å². The second-order valence-electron chi connectivity index (χ2n) is 7.44. The van der Waals surface area contributed by atoms with Crippen molar-refractivity contribution in [3.05, 3.63) is 89.1 Å². The predicted octanol–water partition coefficient (Wildman–Crippen LogP) is 4.81. The lowest BCUT2D eigenvalue weighted by atomic mass is 10.0. The quantitative estimate of drug-likeness (QED) is 0.549. The molecular weight excluding hydrogens is 426 g/mol. The Kier molecular flexibility index (Phi) is 5.88. The van der Waals surface area contributed by atoms with E-state index in [4.69, 9.17) is 16.3 Å². The molecule has 1 aliphatic heterocycles. The fourth-order valence-electron chi connectivity index (χ4n) is 3.57. The van der Waals surface area contributed by atoms with Crippen molar-refractivity contribution in [2.75, 3.05) is 36.3 Å². The topological polar surface area (TPSA) is 61.9 Å². The van der Waals surface area contributed by atoms with E-state index >= 15 is 0 Å². The number of hydrogen-bond acceptors (Lipinski definition) is 5. The first kappa shape index (κ1) is 21.5. The van der Waals surface area contributed by atoms with Crippen molar-refractivity contribution < 1.29 is 14.3 Å². The van der Waals surface area contributed by atoms with Crippen LogP contribution in [0.25, 0.3) is 5.57 Å². The van der Waals surface area contributed by atoms with Gasteiger partial charge in [0.15, 0.2) is 0 Å². The molecule has 7 heteroatoms. The molecule has 6 nitrogen and oxygen atoms in total. The number of carbonyl (C=O) groups is 2. The third-order valence-electron chi connectivity index (χ3n) is 5.19. The van der Waals surface area contributed by atoms with Gasteiger partial charge in [-0.15, -0.1) is 0 Å². The second-order valence-corrected chi connectivity index (χ2v) is 7.88. The molecule has 0 spiro atoms. The highest BCUT2D eigenvalue weighted by atomic mass is 35.5. The molecule has 1 N–H and O–H groups in total. The van der Waals surface area contributed by atoms with Crippen LogP contribution >= 0.6 is 11.6 Å². The van der Waals surface area contributed by atoms with Gasteiger partial charge < -0.3 is 15.0 Å². The van der Waals surface area contributed by atoms with Crippen LogP contribution in [0.4, 0.5) is 17.1 Å². The number of nitrogens with zero attached hydrogens (tertiary/aromatic N) is 2. The molecule has 3 aromatic rings. The minimum absolute atomic E-state index is 0.165. The van der Waals surface area contributed by atoms with E-state index in [-0.39, 0.29) is 11.3 Å². The molecule has 4 rings (SSSR count). The van der Waals surface area contributed by atoms with Gasteiger partial charge in [0.2, 0.25) is 0 Å². The van der Waals surface area contributed by atoms with Crippen molar-refractivity contribution in [1.82, 2.24) is 0 Å². The van der Waals surface area contributed by atoms with E-state index in [1.165, 1.54) is 12.0 Å². The normalized spacial score (nSPS) is 13.6. The highest BCUT2D eigenvalue weighted by Crippen LogP contribution is 2.36. The summed E-state index contributed by atoms with van der Waals surface area (Å²) in [5.41, 5.74) is 3.05. The number of ether oxygens (including phenoxy) is 1. The lowest BCUT2D eigenvalue weighted by molar-refractivity contribution is -0.120. The summed E-state index contributed by atoms with van der Waals surface area (Å²) in [6.45, 7) is 0. The zero-order valence-electron chi connectivity index (χ0n) is 17.9. The van der Waals surface area contributed by atoms with Gasteiger partial charge in [-0.2, -0.15) is 0 Å². The number of anilines is 3. The number of amides is 2. The molecule has 1 aliphatic rings. The highest BCUT2D eigenvalue weighted by molar-refractivity contribution is 6.46. The molecule has 2 amide bonds. The van der Waals surface area contributed by atoms with Crippen LogP contribution in [0.2, 0.25) is 5.02 Å². The second kappa shape index (κ2) is 8.77. The Balaban J connectivity index is 1.80. The Morgan fingerprint density at radius 1 is 0.906 bits per heavy atom. The summed E-state index contributed by atoms with van der Waals surface area (Å²) in [4.78, 5) is 30.1. The standard InChI is InChI=1S/C25H22ClN3O3/c1-28(2)18-10-12-19(13-11-18)29-24(30)22(16-7-5-4-6-8-16)23(25(29)31)27-20-15-17(26)9-14-21(20)32-3/h4-15,27H,1-3H3. The maximum Gasteiger partial charge on any atom is 0.282 e. The number of halogens is 1.